The molecule has 0 saturated carbocycles. The zero-order chi connectivity index (χ0) is 24.4. The van der Waals surface area contributed by atoms with E-state index in [1.165, 1.54) is 0 Å². The monoisotopic (exact) mass is 502 g/mol. The van der Waals surface area contributed by atoms with Gasteiger partial charge in [-0.05, 0) is 47.2 Å². The average Bonchev–Trinajstić information content (AvgIpc) is 2.68. The first kappa shape index (κ1) is 25.7. The van der Waals surface area contributed by atoms with Crippen LogP contribution in [-0.4, -0.2) is 52.6 Å². The fourth-order valence-electron chi connectivity index (χ4n) is 4.05. The van der Waals surface area contributed by atoms with Crippen molar-refractivity contribution in [2.45, 2.75) is 43.7 Å². The number of nitrogens with one attached hydrogen (secondary N) is 2. The third kappa shape index (κ3) is 7.28. The van der Waals surface area contributed by atoms with Crippen molar-refractivity contribution in [2.75, 3.05) is 18.6 Å². The number of aryl methyl sites for hydroxylation is 1. The normalized spacial score (nSPS) is 19.6. The van der Waals surface area contributed by atoms with Gasteiger partial charge in [0.2, 0.25) is 10.0 Å². The molecule has 0 aliphatic carbocycles. The molecular weight excluding hydrogens is 474 g/mol. The van der Waals surface area contributed by atoms with Crippen molar-refractivity contribution in [2.24, 2.45) is 0 Å². The molecule has 7 nitrogen and oxygen atoms in total. The molecule has 0 bridgehead atoms. The topological polar surface area (TPSA) is 113 Å². The molecule has 1 aliphatic heterocycles. The highest BCUT2D eigenvalue weighted by Crippen LogP contribution is 2.29. The van der Waals surface area contributed by atoms with Gasteiger partial charge in [-0.25, -0.2) is 30.3 Å². The Bertz CT molecular complexity index is 1200. The predicted molar refractivity (Wildman–Crippen MR) is 122 cm³/mol. The van der Waals surface area contributed by atoms with Crippen LogP contribution in [0.4, 0.5) is 8.78 Å². The van der Waals surface area contributed by atoms with Crippen LogP contribution in [0.2, 0.25) is 0 Å². The fraction of sp³-hybridized carbons (Fsp3) is 0.455. The van der Waals surface area contributed by atoms with Crippen LogP contribution in [0.5, 0.6) is 0 Å². The number of fused-ring (bicyclic) bond motifs is 1. The van der Waals surface area contributed by atoms with E-state index >= 15 is 0 Å². The van der Waals surface area contributed by atoms with Gasteiger partial charge in [0.05, 0.1) is 29.9 Å². The second-order valence-corrected chi connectivity index (χ2v) is 12.3. The minimum absolute atomic E-state index is 0.0591. The maximum absolute atomic E-state index is 13.6. The van der Waals surface area contributed by atoms with Crippen molar-refractivity contribution in [1.82, 2.24) is 10.0 Å². The van der Waals surface area contributed by atoms with Crippen molar-refractivity contribution in [1.29, 1.82) is 0 Å². The van der Waals surface area contributed by atoms with Crippen LogP contribution < -0.4 is 10.0 Å². The van der Waals surface area contributed by atoms with Crippen molar-refractivity contribution < 1.29 is 30.7 Å². The molecule has 33 heavy (non-hydrogen) atoms. The first-order chi connectivity index (χ1) is 15.3. The van der Waals surface area contributed by atoms with Gasteiger partial charge in [0.25, 0.3) is 0 Å². The summed E-state index contributed by atoms with van der Waals surface area (Å²) < 4.78 is 77.9. The number of benzene rings is 2. The van der Waals surface area contributed by atoms with Crippen LogP contribution in [0.25, 0.3) is 0 Å². The summed E-state index contributed by atoms with van der Waals surface area (Å²) in [5.41, 5.74) is 2.73. The Morgan fingerprint density at radius 2 is 1.79 bits per heavy atom. The number of hydrogen-bond donors (Lipinski definition) is 3. The molecule has 1 heterocycles. The standard InChI is InChI=1S/C22H28F2N2O5S2/c1-3-14-4-5-16-12-33(30,31)13-21(19(16)8-14)25-11-22(27)20(26-32(2,28)29)9-15-6-17(23)10-18(24)7-15/h4-8,10,20-22,25-27H,3,9,11-13H2,1-2H3/t20-,21-,22+/m1/s1. The second-order valence-electron chi connectivity index (χ2n) is 8.45. The molecule has 0 unspecified atom stereocenters. The molecule has 182 valence electrons. The lowest BCUT2D eigenvalue weighted by Gasteiger charge is -2.30. The van der Waals surface area contributed by atoms with Gasteiger partial charge in [0, 0.05) is 18.7 Å². The quantitative estimate of drug-likeness (QED) is 0.480. The summed E-state index contributed by atoms with van der Waals surface area (Å²) in [7, 11) is -7.11. The van der Waals surface area contributed by atoms with E-state index in [-0.39, 0.29) is 30.0 Å². The van der Waals surface area contributed by atoms with Gasteiger partial charge >= 0.3 is 0 Å². The molecule has 2 aromatic rings. The molecule has 0 spiro atoms. The smallest absolute Gasteiger partial charge is 0.209 e. The van der Waals surface area contributed by atoms with Crippen LogP contribution in [0.15, 0.2) is 36.4 Å². The first-order valence-electron chi connectivity index (χ1n) is 10.5. The van der Waals surface area contributed by atoms with Gasteiger partial charge in [-0.2, -0.15) is 0 Å². The molecule has 0 amide bonds. The Labute approximate surface area is 193 Å². The van der Waals surface area contributed by atoms with Gasteiger partial charge in [-0.1, -0.05) is 25.1 Å². The highest BCUT2D eigenvalue weighted by Gasteiger charge is 2.31. The van der Waals surface area contributed by atoms with E-state index in [0.29, 0.717) is 11.6 Å². The summed E-state index contributed by atoms with van der Waals surface area (Å²) in [5.74, 6) is -1.84. The van der Waals surface area contributed by atoms with Crippen LogP contribution >= 0.6 is 0 Å². The van der Waals surface area contributed by atoms with Crippen LogP contribution in [0, 0.1) is 11.6 Å². The largest absolute Gasteiger partial charge is 0.390 e. The molecule has 0 fully saturated rings. The Kier molecular flexibility index (Phi) is 7.90. The number of aliphatic hydroxyl groups excluding tert-OH is 1. The number of sulfonamides is 1. The van der Waals surface area contributed by atoms with Crippen LogP contribution in [-0.2, 0) is 38.5 Å². The maximum Gasteiger partial charge on any atom is 0.209 e. The minimum Gasteiger partial charge on any atom is -0.390 e. The number of sulfone groups is 1. The van der Waals surface area contributed by atoms with E-state index in [0.717, 1.165) is 35.9 Å². The molecule has 0 aromatic heterocycles. The summed E-state index contributed by atoms with van der Waals surface area (Å²) in [5, 5.41) is 13.8. The molecule has 0 saturated heterocycles. The molecule has 3 rings (SSSR count). The van der Waals surface area contributed by atoms with Gasteiger partial charge in [-0.3, -0.25) is 0 Å². The van der Waals surface area contributed by atoms with E-state index in [2.05, 4.69) is 10.0 Å². The predicted octanol–water partition coefficient (Wildman–Crippen LogP) is 1.61. The molecule has 1 aliphatic rings. The van der Waals surface area contributed by atoms with E-state index < -0.39 is 49.7 Å². The van der Waals surface area contributed by atoms with Crippen molar-refractivity contribution >= 4 is 19.9 Å². The third-order valence-electron chi connectivity index (χ3n) is 5.57. The SMILES string of the molecule is CCc1ccc2c(c1)[C@H](NC[C@H](O)[C@@H](Cc1cc(F)cc(F)c1)NS(C)(=O)=O)CS(=O)(=O)C2. The van der Waals surface area contributed by atoms with Crippen molar-refractivity contribution in [3.8, 4) is 0 Å². The summed E-state index contributed by atoms with van der Waals surface area (Å²) in [6.07, 6.45) is 0.237. The molecular formula is C22H28F2N2O5S2. The van der Waals surface area contributed by atoms with E-state index in [9.17, 15) is 30.7 Å². The summed E-state index contributed by atoms with van der Waals surface area (Å²) in [6, 6.07) is 6.79. The molecule has 2 aromatic carbocycles. The van der Waals surface area contributed by atoms with Crippen LogP contribution in [0.1, 0.15) is 35.2 Å². The Hall–Kier alpha value is -1.92. The van der Waals surface area contributed by atoms with Crippen LogP contribution in [0.3, 0.4) is 0 Å². The highest BCUT2D eigenvalue weighted by molar-refractivity contribution is 7.90. The van der Waals surface area contributed by atoms with Gasteiger partial charge in [-0.15, -0.1) is 0 Å². The Balaban J connectivity index is 1.80. The molecule has 3 atom stereocenters. The van der Waals surface area contributed by atoms with Gasteiger partial charge in [0.1, 0.15) is 11.6 Å². The van der Waals surface area contributed by atoms with Gasteiger partial charge < -0.3 is 10.4 Å². The lowest BCUT2D eigenvalue weighted by atomic mass is 9.97. The van der Waals surface area contributed by atoms with E-state index in [1.807, 2.05) is 19.1 Å². The summed E-state index contributed by atoms with van der Waals surface area (Å²) in [6.45, 7) is 1.85. The number of hydrogen-bond acceptors (Lipinski definition) is 6. The number of aliphatic hydroxyl groups is 1. The zero-order valence-electron chi connectivity index (χ0n) is 18.4. The molecule has 3 N–H and O–H groups in total. The zero-order valence-corrected chi connectivity index (χ0v) is 20.0. The molecule has 0 radical (unpaired) electrons. The lowest BCUT2D eigenvalue weighted by Crippen LogP contribution is -2.49. The molecule has 11 heteroatoms. The second kappa shape index (κ2) is 10.1. The summed E-state index contributed by atoms with van der Waals surface area (Å²) in [4.78, 5) is 0. The van der Waals surface area contributed by atoms with E-state index in [1.54, 1.807) is 6.07 Å². The lowest BCUT2D eigenvalue weighted by molar-refractivity contribution is 0.132. The average molecular weight is 503 g/mol. The third-order valence-corrected chi connectivity index (χ3v) is 7.89. The Morgan fingerprint density at radius 3 is 2.39 bits per heavy atom. The number of rotatable bonds is 9. The highest BCUT2D eigenvalue weighted by atomic mass is 32.2. The van der Waals surface area contributed by atoms with Gasteiger partial charge in [0.15, 0.2) is 9.84 Å². The minimum atomic E-state index is -3.75. The van der Waals surface area contributed by atoms with Crippen molar-refractivity contribution in [3.05, 3.63) is 70.3 Å². The summed E-state index contributed by atoms with van der Waals surface area (Å²) >= 11 is 0. The Morgan fingerprint density at radius 1 is 1.12 bits per heavy atom. The van der Waals surface area contributed by atoms with E-state index in [4.69, 9.17) is 0 Å². The first-order valence-corrected chi connectivity index (χ1v) is 14.2. The fourth-order valence-corrected chi connectivity index (χ4v) is 6.50. The maximum atomic E-state index is 13.6. The van der Waals surface area contributed by atoms with Crippen molar-refractivity contribution in [3.63, 3.8) is 0 Å². The number of halogens is 2.